The molecule has 0 amide bonds. The molecule has 0 fully saturated rings. The SMILES string of the molecule is COc1ccccc1Cc1cn2c(n1)CCC(O)C2. The number of aliphatic hydroxyl groups excluding tert-OH is 1. The number of hydrogen-bond donors (Lipinski definition) is 1. The summed E-state index contributed by atoms with van der Waals surface area (Å²) in [7, 11) is 1.69. The van der Waals surface area contributed by atoms with Crippen molar-refractivity contribution < 1.29 is 9.84 Å². The Morgan fingerprint density at radius 3 is 3.11 bits per heavy atom. The van der Waals surface area contributed by atoms with Crippen molar-refractivity contribution in [1.29, 1.82) is 0 Å². The number of para-hydroxylation sites is 1. The Hall–Kier alpha value is -1.81. The van der Waals surface area contributed by atoms with E-state index in [-0.39, 0.29) is 6.10 Å². The summed E-state index contributed by atoms with van der Waals surface area (Å²) in [5.41, 5.74) is 2.18. The summed E-state index contributed by atoms with van der Waals surface area (Å²) >= 11 is 0. The first-order chi connectivity index (χ1) is 9.26. The number of benzene rings is 1. The van der Waals surface area contributed by atoms with Gasteiger partial charge in [0.1, 0.15) is 11.6 Å². The average Bonchev–Trinajstić information content (AvgIpc) is 2.80. The fourth-order valence-electron chi connectivity index (χ4n) is 2.61. The number of nitrogens with zero attached hydrogens (tertiary/aromatic N) is 2. The largest absolute Gasteiger partial charge is 0.496 e. The van der Waals surface area contributed by atoms with Crippen molar-refractivity contribution in [2.24, 2.45) is 0 Å². The molecule has 4 heteroatoms. The first kappa shape index (κ1) is 12.2. The Balaban J connectivity index is 1.84. The summed E-state index contributed by atoms with van der Waals surface area (Å²) in [6, 6.07) is 8.01. The molecule has 1 aromatic heterocycles. The van der Waals surface area contributed by atoms with Gasteiger partial charge in [0.05, 0.1) is 18.9 Å². The highest BCUT2D eigenvalue weighted by atomic mass is 16.5. The Labute approximate surface area is 112 Å². The molecule has 1 atom stereocenters. The molecular weight excluding hydrogens is 240 g/mol. The van der Waals surface area contributed by atoms with Crippen LogP contribution >= 0.6 is 0 Å². The number of aliphatic hydroxyl groups is 1. The van der Waals surface area contributed by atoms with E-state index in [1.54, 1.807) is 7.11 Å². The lowest BCUT2D eigenvalue weighted by Gasteiger charge is -2.18. The fourth-order valence-corrected chi connectivity index (χ4v) is 2.61. The Kier molecular flexibility index (Phi) is 3.25. The molecule has 1 N–H and O–H groups in total. The molecule has 4 nitrogen and oxygen atoms in total. The zero-order valence-corrected chi connectivity index (χ0v) is 11.0. The third-order valence-corrected chi connectivity index (χ3v) is 3.58. The molecule has 1 unspecified atom stereocenters. The zero-order chi connectivity index (χ0) is 13.2. The first-order valence-corrected chi connectivity index (χ1v) is 6.61. The molecule has 0 spiro atoms. The fraction of sp³-hybridized carbons (Fsp3) is 0.400. The number of fused-ring (bicyclic) bond motifs is 1. The summed E-state index contributed by atoms with van der Waals surface area (Å²) in [6.07, 6.45) is 4.24. The maximum absolute atomic E-state index is 9.67. The van der Waals surface area contributed by atoms with E-state index in [1.165, 1.54) is 0 Å². The van der Waals surface area contributed by atoms with Gasteiger partial charge < -0.3 is 14.4 Å². The molecule has 100 valence electrons. The van der Waals surface area contributed by atoms with Crippen LogP contribution in [-0.2, 0) is 19.4 Å². The molecule has 0 saturated carbocycles. The van der Waals surface area contributed by atoms with Gasteiger partial charge in [0.15, 0.2) is 0 Å². The van der Waals surface area contributed by atoms with Crippen LogP contribution in [-0.4, -0.2) is 27.9 Å². The molecular formula is C15H18N2O2. The monoisotopic (exact) mass is 258 g/mol. The van der Waals surface area contributed by atoms with Gasteiger partial charge in [-0.05, 0) is 12.5 Å². The van der Waals surface area contributed by atoms with Crippen LogP contribution < -0.4 is 4.74 Å². The lowest BCUT2D eigenvalue weighted by atomic mass is 10.1. The van der Waals surface area contributed by atoms with Crippen molar-refractivity contribution in [3.63, 3.8) is 0 Å². The maximum Gasteiger partial charge on any atom is 0.122 e. The topological polar surface area (TPSA) is 47.3 Å². The van der Waals surface area contributed by atoms with Gasteiger partial charge in [-0.1, -0.05) is 18.2 Å². The van der Waals surface area contributed by atoms with E-state index in [0.29, 0.717) is 6.54 Å². The molecule has 1 aliphatic heterocycles. The second-order valence-corrected chi connectivity index (χ2v) is 4.98. The molecule has 0 saturated heterocycles. The summed E-state index contributed by atoms with van der Waals surface area (Å²) < 4.78 is 7.43. The predicted octanol–water partition coefficient (Wildman–Crippen LogP) is 1.79. The van der Waals surface area contributed by atoms with Crippen LogP contribution in [0.3, 0.4) is 0 Å². The number of hydrogen-bond acceptors (Lipinski definition) is 3. The van der Waals surface area contributed by atoms with Crippen molar-refractivity contribution in [3.05, 3.63) is 47.5 Å². The molecule has 1 aromatic carbocycles. The first-order valence-electron chi connectivity index (χ1n) is 6.61. The molecule has 2 aromatic rings. The third kappa shape index (κ3) is 2.49. The summed E-state index contributed by atoms with van der Waals surface area (Å²) in [5, 5.41) is 9.67. The van der Waals surface area contributed by atoms with E-state index in [4.69, 9.17) is 4.74 Å². The Morgan fingerprint density at radius 1 is 1.42 bits per heavy atom. The Morgan fingerprint density at radius 2 is 2.26 bits per heavy atom. The molecule has 3 rings (SSSR count). The van der Waals surface area contributed by atoms with E-state index >= 15 is 0 Å². The van der Waals surface area contributed by atoms with Gasteiger partial charge in [-0.15, -0.1) is 0 Å². The number of rotatable bonds is 3. The van der Waals surface area contributed by atoms with Crippen LogP contribution in [0.1, 0.15) is 23.5 Å². The Bertz CT molecular complexity index is 577. The normalized spacial score (nSPS) is 18.1. The maximum atomic E-state index is 9.67. The summed E-state index contributed by atoms with van der Waals surface area (Å²) in [5.74, 6) is 1.98. The van der Waals surface area contributed by atoms with Crippen molar-refractivity contribution in [2.75, 3.05) is 7.11 Å². The summed E-state index contributed by atoms with van der Waals surface area (Å²) in [6.45, 7) is 0.661. The van der Waals surface area contributed by atoms with Crippen molar-refractivity contribution in [3.8, 4) is 5.75 Å². The predicted molar refractivity (Wildman–Crippen MR) is 72.4 cm³/mol. The number of ether oxygens (including phenoxy) is 1. The molecule has 2 heterocycles. The highest BCUT2D eigenvalue weighted by Gasteiger charge is 2.18. The molecule has 19 heavy (non-hydrogen) atoms. The number of methoxy groups -OCH3 is 1. The van der Waals surface area contributed by atoms with E-state index in [1.807, 2.05) is 24.4 Å². The average molecular weight is 258 g/mol. The number of imidazole rings is 1. The van der Waals surface area contributed by atoms with Gasteiger partial charge in [-0.25, -0.2) is 4.98 Å². The quantitative estimate of drug-likeness (QED) is 0.913. The van der Waals surface area contributed by atoms with Gasteiger partial charge in [-0.2, -0.15) is 0 Å². The molecule has 1 aliphatic rings. The lowest BCUT2D eigenvalue weighted by molar-refractivity contribution is 0.130. The van der Waals surface area contributed by atoms with E-state index < -0.39 is 0 Å². The van der Waals surface area contributed by atoms with Gasteiger partial charge >= 0.3 is 0 Å². The molecule has 0 aliphatic carbocycles. The zero-order valence-electron chi connectivity index (χ0n) is 11.0. The smallest absolute Gasteiger partial charge is 0.122 e. The van der Waals surface area contributed by atoms with Crippen LogP contribution in [0.15, 0.2) is 30.5 Å². The molecule has 0 radical (unpaired) electrons. The van der Waals surface area contributed by atoms with Crippen LogP contribution in [0.2, 0.25) is 0 Å². The van der Waals surface area contributed by atoms with Crippen LogP contribution in [0.4, 0.5) is 0 Å². The standard InChI is InChI=1S/C15H18N2O2/c1-19-14-5-3-2-4-11(14)8-12-9-17-10-13(18)6-7-15(17)16-12/h2-5,9,13,18H,6-8,10H2,1H3. The van der Waals surface area contributed by atoms with E-state index in [2.05, 4.69) is 15.6 Å². The second-order valence-electron chi connectivity index (χ2n) is 4.98. The highest BCUT2D eigenvalue weighted by molar-refractivity contribution is 5.36. The minimum absolute atomic E-state index is 0.235. The van der Waals surface area contributed by atoms with Gasteiger partial charge in [0, 0.05) is 31.1 Å². The van der Waals surface area contributed by atoms with Gasteiger partial charge in [0.2, 0.25) is 0 Å². The van der Waals surface area contributed by atoms with Crippen LogP contribution in [0.5, 0.6) is 5.75 Å². The van der Waals surface area contributed by atoms with E-state index in [9.17, 15) is 5.11 Å². The number of aromatic nitrogens is 2. The van der Waals surface area contributed by atoms with Crippen LogP contribution in [0.25, 0.3) is 0 Å². The highest BCUT2D eigenvalue weighted by Crippen LogP contribution is 2.22. The van der Waals surface area contributed by atoms with E-state index in [0.717, 1.165) is 42.1 Å². The van der Waals surface area contributed by atoms with Crippen molar-refractivity contribution >= 4 is 0 Å². The third-order valence-electron chi connectivity index (χ3n) is 3.58. The van der Waals surface area contributed by atoms with Crippen molar-refractivity contribution in [1.82, 2.24) is 9.55 Å². The number of aryl methyl sites for hydroxylation is 1. The summed E-state index contributed by atoms with van der Waals surface area (Å²) in [4.78, 5) is 4.65. The molecule has 0 bridgehead atoms. The van der Waals surface area contributed by atoms with Crippen LogP contribution in [0, 0.1) is 0 Å². The lowest BCUT2D eigenvalue weighted by Crippen LogP contribution is -2.23. The van der Waals surface area contributed by atoms with Gasteiger partial charge in [0.25, 0.3) is 0 Å². The minimum atomic E-state index is -0.235. The second kappa shape index (κ2) is 5.05. The van der Waals surface area contributed by atoms with Gasteiger partial charge in [-0.3, -0.25) is 0 Å². The van der Waals surface area contributed by atoms with Crippen molar-refractivity contribution in [2.45, 2.75) is 31.9 Å². The minimum Gasteiger partial charge on any atom is -0.496 e.